The van der Waals surface area contributed by atoms with Gasteiger partial charge < -0.3 is 14.7 Å². The number of tetrazole rings is 1. The molecule has 1 amide bonds. The standard InChI is InChI=1S/C23H29N7O4/c1-15-19(13-34-21(15)32)29-10-9-23(22(29)33)7-5-17(6-8-23)28(2)18(12-31)16-3-4-20(24-11-16)30-14-25-26-27-30/h3-4,11,14,17-18,31H,5-10,12-13H2,1-2H3/t17-,18-,23+/m0/s1. The first-order valence-corrected chi connectivity index (χ1v) is 11.6. The van der Waals surface area contributed by atoms with Crippen LogP contribution in [0.2, 0.25) is 0 Å². The number of amides is 1. The van der Waals surface area contributed by atoms with Crippen LogP contribution in [0.5, 0.6) is 0 Å². The quantitative estimate of drug-likeness (QED) is 0.619. The highest BCUT2D eigenvalue weighted by molar-refractivity contribution is 5.94. The third-order valence-electron chi connectivity index (χ3n) is 7.81. The number of hydrogen-bond donors (Lipinski definition) is 1. The molecule has 0 bridgehead atoms. The molecule has 1 atom stereocenters. The van der Waals surface area contributed by atoms with E-state index in [-0.39, 0.29) is 42.6 Å². The molecule has 11 nitrogen and oxygen atoms in total. The van der Waals surface area contributed by atoms with E-state index < -0.39 is 0 Å². The largest absolute Gasteiger partial charge is 0.456 e. The lowest BCUT2D eigenvalue weighted by atomic mass is 9.71. The van der Waals surface area contributed by atoms with E-state index in [0.29, 0.717) is 17.9 Å². The number of likely N-dealkylation sites (tertiary alicyclic amines) is 1. The molecule has 2 aromatic heterocycles. The topological polar surface area (TPSA) is 127 Å². The number of cyclic esters (lactones) is 1. The van der Waals surface area contributed by atoms with Crippen molar-refractivity contribution in [2.24, 2.45) is 5.41 Å². The Morgan fingerprint density at radius 3 is 2.65 bits per heavy atom. The second-order valence-corrected chi connectivity index (χ2v) is 9.43. The zero-order valence-corrected chi connectivity index (χ0v) is 19.4. The Morgan fingerprint density at radius 2 is 2.06 bits per heavy atom. The smallest absolute Gasteiger partial charge is 0.336 e. The van der Waals surface area contributed by atoms with Crippen molar-refractivity contribution in [3.8, 4) is 5.82 Å². The van der Waals surface area contributed by atoms with Crippen LogP contribution in [-0.2, 0) is 14.3 Å². The van der Waals surface area contributed by atoms with Crippen LogP contribution in [0.15, 0.2) is 35.9 Å². The molecule has 5 rings (SSSR count). The number of carbonyl (C=O) groups is 2. The van der Waals surface area contributed by atoms with Gasteiger partial charge in [0, 0.05) is 18.8 Å². The lowest BCUT2D eigenvalue weighted by Crippen LogP contribution is -2.44. The molecular formula is C23H29N7O4. The third-order valence-corrected chi connectivity index (χ3v) is 7.81. The number of hydrogen-bond acceptors (Lipinski definition) is 9. The predicted molar refractivity (Wildman–Crippen MR) is 119 cm³/mol. The normalized spacial score (nSPS) is 26.1. The van der Waals surface area contributed by atoms with Crippen molar-refractivity contribution >= 4 is 11.9 Å². The maximum atomic E-state index is 13.4. The highest BCUT2D eigenvalue weighted by Crippen LogP contribution is 2.47. The first kappa shape index (κ1) is 22.6. The summed E-state index contributed by atoms with van der Waals surface area (Å²) in [5.74, 6) is 0.406. The third kappa shape index (κ3) is 3.78. The van der Waals surface area contributed by atoms with Crippen LogP contribution < -0.4 is 0 Å². The van der Waals surface area contributed by atoms with Gasteiger partial charge >= 0.3 is 5.97 Å². The Labute approximate surface area is 197 Å². The number of pyridine rings is 1. The first-order valence-electron chi connectivity index (χ1n) is 11.6. The summed E-state index contributed by atoms with van der Waals surface area (Å²) in [4.78, 5) is 33.6. The van der Waals surface area contributed by atoms with Crippen molar-refractivity contribution in [2.45, 2.75) is 51.1 Å². The Kier molecular flexibility index (Phi) is 5.90. The number of rotatable bonds is 6. The molecule has 2 aromatic rings. The zero-order chi connectivity index (χ0) is 23.9. The average Bonchev–Trinajstić information content (AvgIpc) is 3.58. The fourth-order valence-corrected chi connectivity index (χ4v) is 5.57. The molecule has 0 aromatic carbocycles. The number of carbonyl (C=O) groups excluding carboxylic acids is 2. The van der Waals surface area contributed by atoms with Crippen LogP contribution in [0, 0.1) is 5.41 Å². The number of aliphatic hydroxyl groups is 1. The summed E-state index contributed by atoms with van der Waals surface area (Å²) in [7, 11) is 2.03. The summed E-state index contributed by atoms with van der Waals surface area (Å²) >= 11 is 0. The molecule has 4 heterocycles. The molecule has 3 aliphatic rings. The lowest BCUT2D eigenvalue weighted by Gasteiger charge is -2.42. The molecule has 0 unspecified atom stereocenters. The van der Waals surface area contributed by atoms with Gasteiger partial charge in [-0.25, -0.2) is 9.78 Å². The van der Waals surface area contributed by atoms with Gasteiger partial charge in [0.25, 0.3) is 0 Å². The second-order valence-electron chi connectivity index (χ2n) is 9.43. The Morgan fingerprint density at radius 1 is 1.26 bits per heavy atom. The Hall–Kier alpha value is -3.18. The van der Waals surface area contributed by atoms with Crippen molar-refractivity contribution in [3.63, 3.8) is 0 Å². The maximum Gasteiger partial charge on any atom is 0.336 e. The molecule has 1 aliphatic carbocycles. The summed E-state index contributed by atoms with van der Waals surface area (Å²) in [6, 6.07) is 3.82. The first-order chi connectivity index (χ1) is 16.4. The molecular weight excluding hydrogens is 438 g/mol. The zero-order valence-electron chi connectivity index (χ0n) is 19.4. The van der Waals surface area contributed by atoms with Crippen LogP contribution >= 0.6 is 0 Å². The predicted octanol–water partition coefficient (Wildman–Crippen LogP) is 1.01. The molecule has 180 valence electrons. The van der Waals surface area contributed by atoms with E-state index in [0.717, 1.165) is 43.4 Å². The van der Waals surface area contributed by atoms with Crippen LogP contribution in [0.3, 0.4) is 0 Å². The van der Waals surface area contributed by atoms with Crippen LogP contribution in [0.25, 0.3) is 5.82 Å². The molecule has 2 fully saturated rings. The number of ether oxygens (including phenoxy) is 1. The van der Waals surface area contributed by atoms with Gasteiger partial charge in [0.2, 0.25) is 5.91 Å². The van der Waals surface area contributed by atoms with Crippen molar-refractivity contribution in [1.29, 1.82) is 0 Å². The highest BCUT2D eigenvalue weighted by atomic mass is 16.5. The minimum absolute atomic E-state index is 0.0295. The fraction of sp³-hybridized carbons (Fsp3) is 0.565. The molecule has 1 spiro atoms. The molecule has 1 saturated carbocycles. The minimum atomic E-state index is -0.361. The number of nitrogens with zero attached hydrogens (tertiary/aromatic N) is 7. The lowest BCUT2D eigenvalue weighted by molar-refractivity contribution is -0.138. The summed E-state index contributed by atoms with van der Waals surface area (Å²) in [6.07, 6.45) is 7.38. The SMILES string of the molecule is CC1=C(N2CC[C@]3(CC[C@H](N(C)[C@@H](CO)c4ccc(-n5cnnn5)nc4)CC3)C2=O)COC1=O. The molecule has 11 heteroatoms. The molecule has 0 radical (unpaired) electrons. The van der Waals surface area contributed by atoms with Crippen molar-refractivity contribution in [1.82, 2.24) is 35.0 Å². The number of likely N-dealkylation sites (N-methyl/N-ethyl adjacent to an activating group) is 1. The molecule has 34 heavy (non-hydrogen) atoms. The van der Waals surface area contributed by atoms with Gasteiger partial charge in [-0.15, -0.1) is 5.10 Å². The minimum Gasteiger partial charge on any atom is -0.456 e. The van der Waals surface area contributed by atoms with Gasteiger partial charge in [0.1, 0.15) is 12.9 Å². The van der Waals surface area contributed by atoms with Gasteiger partial charge in [-0.3, -0.25) is 9.69 Å². The van der Waals surface area contributed by atoms with Crippen LogP contribution in [-0.4, -0.2) is 84.8 Å². The fourth-order valence-electron chi connectivity index (χ4n) is 5.57. The van der Waals surface area contributed by atoms with Crippen LogP contribution in [0.1, 0.15) is 50.6 Å². The van der Waals surface area contributed by atoms with Crippen molar-refractivity contribution < 1.29 is 19.4 Å². The number of aliphatic hydroxyl groups excluding tert-OH is 1. The highest BCUT2D eigenvalue weighted by Gasteiger charge is 2.50. The average molecular weight is 468 g/mol. The van der Waals surface area contributed by atoms with E-state index in [9.17, 15) is 14.7 Å². The Bertz CT molecular complexity index is 1090. The van der Waals surface area contributed by atoms with E-state index >= 15 is 0 Å². The molecule has 1 saturated heterocycles. The van der Waals surface area contributed by atoms with Gasteiger partial charge in [-0.05, 0) is 68.1 Å². The van der Waals surface area contributed by atoms with Gasteiger partial charge in [0.15, 0.2) is 5.82 Å². The van der Waals surface area contributed by atoms with E-state index in [1.807, 2.05) is 19.2 Å². The van der Waals surface area contributed by atoms with E-state index in [1.54, 1.807) is 18.0 Å². The number of esters is 1. The number of aromatic nitrogens is 5. The molecule has 2 aliphatic heterocycles. The van der Waals surface area contributed by atoms with Crippen LogP contribution in [0.4, 0.5) is 0 Å². The van der Waals surface area contributed by atoms with E-state index in [1.165, 1.54) is 11.0 Å². The summed E-state index contributed by atoms with van der Waals surface area (Å²) in [6.45, 7) is 2.53. The van der Waals surface area contributed by atoms with Gasteiger partial charge in [-0.1, -0.05) is 6.07 Å². The van der Waals surface area contributed by atoms with Gasteiger partial charge in [0.05, 0.1) is 29.3 Å². The summed E-state index contributed by atoms with van der Waals surface area (Å²) in [5.41, 5.74) is 1.83. The molecule has 1 N–H and O–H groups in total. The van der Waals surface area contributed by atoms with E-state index in [4.69, 9.17) is 4.74 Å². The maximum absolute atomic E-state index is 13.4. The Balaban J connectivity index is 1.24. The van der Waals surface area contributed by atoms with Gasteiger partial charge in [-0.2, -0.15) is 4.68 Å². The van der Waals surface area contributed by atoms with Crippen molar-refractivity contribution in [2.75, 3.05) is 26.8 Å². The van der Waals surface area contributed by atoms with Crippen molar-refractivity contribution in [3.05, 3.63) is 41.5 Å². The summed E-state index contributed by atoms with van der Waals surface area (Å²) in [5, 5.41) is 21.3. The monoisotopic (exact) mass is 467 g/mol. The summed E-state index contributed by atoms with van der Waals surface area (Å²) < 4.78 is 6.60. The second kappa shape index (κ2) is 8.88. The van der Waals surface area contributed by atoms with E-state index in [2.05, 4.69) is 25.4 Å².